The van der Waals surface area contributed by atoms with Gasteiger partial charge in [0.15, 0.2) is 5.78 Å². The molecule has 3 aromatic heterocycles. The number of nitrogens with zero attached hydrogens (tertiary/aromatic N) is 2. The highest BCUT2D eigenvalue weighted by atomic mass is 16.1. The molecular weight excluding hydrogens is 254 g/mol. The van der Waals surface area contributed by atoms with E-state index in [1.807, 2.05) is 28.8 Å². The Hall–Kier alpha value is -2.69. The van der Waals surface area contributed by atoms with Crippen LogP contribution in [-0.4, -0.2) is 21.1 Å². The first-order chi connectivity index (χ1) is 9.56. The molecule has 0 atom stereocenters. The fraction of sp³-hybridized carbons (Fsp3) is 0.133. The van der Waals surface area contributed by atoms with E-state index in [9.17, 15) is 9.59 Å². The molecule has 3 rings (SSSR count). The molecule has 0 saturated carbocycles. The second-order valence-electron chi connectivity index (χ2n) is 4.66. The standard InChI is InChI=1S/C15H13N3O2/c1-9(19)12-7-8-18-13(12)5-3-11-4-6-14(16-10(2)20)17-15(11)18/h3-8H,1-2H3,(H,16,17,20). The summed E-state index contributed by atoms with van der Waals surface area (Å²) < 4.78 is 1.86. The number of aromatic nitrogens is 2. The second kappa shape index (κ2) is 4.45. The molecule has 0 unspecified atom stereocenters. The van der Waals surface area contributed by atoms with Crippen LogP contribution in [0.3, 0.4) is 0 Å². The third kappa shape index (κ3) is 1.93. The molecule has 0 bridgehead atoms. The van der Waals surface area contributed by atoms with Gasteiger partial charge in [-0.2, -0.15) is 0 Å². The molecule has 20 heavy (non-hydrogen) atoms. The lowest BCUT2D eigenvalue weighted by Crippen LogP contribution is -2.07. The minimum atomic E-state index is -0.166. The van der Waals surface area contributed by atoms with Crippen LogP contribution in [0.2, 0.25) is 0 Å². The monoisotopic (exact) mass is 267 g/mol. The van der Waals surface area contributed by atoms with Crippen LogP contribution < -0.4 is 5.32 Å². The molecule has 0 aromatic carbocycles. The molecule has 1 amide bonds. The summed E-state index contributed by atoms with van der Waals surface area (Å²) in [5, 5.41) is 3.60. The van der Waals surface area contributed by atoms with Crippen LogP contribution >= 0.6 is 0 Å². The zero-order chi connectivity index (χ0) is 14.3. The Kier molecular flexibility index (Phi) is 2.75. The average Bonchev–Trinajstić information content (AvgIpc) is 2.82. The van der Waals surface area contributed by atoms with E-state index >= 15 is 0 Å². The van der Waals surface area contributed by atoms with Gasteiger partial charge in [-0.3, -0.25) is 9.59 Å². The predicted octanol–water partition coefficient (Wildman–Crippen LogP) is 2.65. The number of amides is 1. The van der Waals surface area contributed by atoms with E-state index in [1.165, 1.54) is 6.92 Å². The van der Waals surface area contributed by atoms with Crippen LogP contribution in [0.1, 0.15) is 24.2 Å². The summed E-state index contributed by atoms with van der Waals surface area (Å²) in [5.41, 5.74) is 2.19. The highest BCUT2D eigenvalue weighted by Crippen LogP contribution is 2.21. The summed E-state index contributed by atoms with van der Waals surface area (Å²) in [6.07, 6.45) is 1.82. The Balaban J connectivity index is 2.28. The molecule has 3 aromatic rings. The quantitative estimate of drug-likeness (QED) is 0.726. The van der Waals surface area contributed by atoms with Gasteiger partial charge in [-0.1, -0.05) is 0 Å². The number of Topliss-reactive ketones (excluding diaryl/α,β-unsaturated/α-hetero) is 1. The molecule has 100 valence electrons. The molecular formula is C15H13N3O2. The molecule has 5 nitrogen and oxygen atoms in total. The molecule has 0 spiro atoms. The van der Waals surface area contributed by atoms with E-state index in [2.05, 4.69) is 10.3 Å². The van der Waals surface area contributed by atoms with Crippen molar-refractivity contribution in [2.24, 2.45) is 0 Å². The van der Waals surface area contributed by atoms with Gasteiger partial charge in [-0.25, -0.2) is 4.98 Å². The first-order valence-electron chi connectivity index (χ1n) is 6.25. The molecule has 0 aliphatic rings. The minimum Gasteiger partial charge on any atom is -0.311 e. The summed E-state index contributed by atoms with van der Waals surface area (Å²) in [5.74, 6) is 0.349. The Morgan fingerprint density at radius 2 is 1.85 bits per heavy atom. The van der Waals surface area contributed by atoms with Crippen molar-refractivity contribution in [3.8, 4) is 0 Å². The van der Waals surface area contributed by atoms with E-state index in [1.54, 1.807) is 19.1 Å². The third-order valence-electron chi connectivity index (χ3n) is 3.16. The van der Waals surface area contributed by atoms with E-state index < -0.39 is 0 Å². The first-order valence-corrected chi connectivity index (χ1v) is 6.25. The predicted molar refractivity (Wildman–Crippen MR) is 77.0 cm³/mol. The lowest BCUT2D eigenvalue weighted by Gasteiger charge is -2.06. The van der Waals surface area contributed by atoms with Crippen LogP contribution in [-0.2, 0) is 4.79 Å². The molecule has 0 radical (unpaired) electrons. The van der Waals surface area contributed by atoms with Gasteiger partial charge in [0.2, 0.25) is 5.91 Å². The van der Waals surface area contributed by atoms with Crippen molar-refractivity contribution in [3.05, 3.63) is 42.1 Å². The van der Waals surface area contributed by atoms with Crippen molar-refractivity contribution in [2.75, 3.05) is 5.32 Å². The molecule has 5 heteroatoms. The third-order valence-corrected chi connectivity index (χ3v) is 3.16. The maximum Gasteiger partial charge on any atom is 0.222 e. The number of carbonyl (C=O) groups excluding carboxylic acids is 2. The van der Waals surface area contributed by atoms with Crippen molar-refractivity contribution >= 4 is 34.1 Å². The van der Waals surface area contributed by atoms with Crippen molar-refractivity contribution < 1.29 is 9.59 Å². The SMILES string of the molecule is CC(=O)Nc1ccc2ccc3c(C(C)=O)ccn3c2n1. The lowest BCUT2D eigenvalue weighted by atomic mass is 10.2. The zero-order valence-corrected chi connectivity index (χ0v) is 11.2. The van der Waals surface area contributed by atoms with E-state index in [4.69, 9.17) is 0 Å². The van der Waals surface area contributed by atoms with Gasteiger partial charge in [0.25, 0.3) is 0 Å². The number of hydrogen-bond donors (Lipinski definition) is 1. The average molecular weight is 267 g/mol. The largest absolute Gasteiger partial charge is 0.311 e. The summed E-state index contributed by atoms with van der Waals surface area (Å²) in [4.78, 5) is 27.1. The minimum absolute atomic E-state index is 0.0184. The van der Waals surface area contributed by atoms with Gasteiger partial charge >= 0.3 is 0 Å². The lowest BCUT2D eigenvalue weighted by molar-refractivity contribution is -0.114. The van der Waals surface area contributed by atoms with Gasteiger partial charge in [0.1, 0.15) is 11.5 Å². The molecule has 0 saturated heterocycles. The number of anilines is 1. The van der Waals surface area contributed by atoms with Crippen LogP contribution in [0.25, 0.3) is 16.6 Å². The summed E-state index contributed by atoms with van der Waals surface area (Å²) in [6.45, 7) is 2.98. The van der Waals surface area contributed by atoms with Crippen molar-refractivity contribution in [1.29, 1.82) is 0 Å². The smallest absolute Gasteiger partial charge is 0.222 e. The van der Waals surface area contributed by atoms with Crippen molar-refractivity contribution in [1.82, 2.24) is 9.38 Å². The highest BCUT2D eigenvalue weighted by molar-refractivity contribution is 6.02. The molecule has 0 aliphatic carbocycles. The Bertz CT molecular complexity index is 849. The van der Waals surface area contributed by atoms with E-state index in [0.29, 0.717) is 17.0 Å². The summed E-state index contributed by atoms with van der Waals surface area (Å²) >= 11 is 0. The summed E-state index contributed by atoms with van der Waals surface area (Å²) in [7, 11) is 0. The van der Waals surface area contributed by atoms with E-state index in [0.717, 1.165) is 10.9 Å². The van der Waals surface area contributed by atoms with Gasteiger partial charge in [0, 0.05) is 24.1 Å². The fourth-order valence-electron chi connectivity index (χ4n) is 2.30. The Morgan fingerprint density at radius 1 is 1.10 bits per heavy atom. The molecule has 1 N–H and O–H groups in total. The van der Waals surface area contributed by atoms with Crippen LogP contribution in [0.4, 0.5) is 5.82 Å². The molecule has 0 fully saturated rings. The Morgan fingerprint density at radius 3 is 2.55 bits per heavy atom. The van der Waals surface area contributed by atoms with Crippen LogP contribution in [0, 0.1) is 0 Å². The number of rotatable bonds is 2. The number of carbonyl (C=O) groups is 2. The number of nitrogens with one attached hydrogen (secondary N) is 1. The van der Waals surface area contributed by atoms with Gasteiger partial charge in [-0.05, 0) is 37.3 Å². The van der Waals surface area contributed by atoms with Crippen LogP contribution in [0.15, 0.2) is 36.5 Å². The summed E-state index contributed by atoms with van der Waals surface area (Å²) in [6, 6.07) is 9.25. The maximum absolute atomic E-state index is 11.6. The molecule has 3 heterocycles. The first kappa shape index (κ1) is 12.3. The van der Waals surface area contributed by atoms with Gasteiger partial charge in [-0.15, -0.1) is 0 Å². The van der Waals surface area contributed by atoms with Crippen molar-refractivity contribution in [2.45, 2.75) is 13.8 Å². The Labute approximate surface area is 115 Å². The number of fused-ring (bicyclic) bond motifs is 3. The molecule has 0 aliphatic heterocycles. The van der Waals surface area contributed by atoms with Crippen molar-refractivity contribution in [3.63, 3.8) is 0 Å². The van der Waals surface area contributed by atoms with Gasteiger partial charge < -0.3 is 9.72 Å². The van der Waals surface area contributed by atoms with Crippen LogP contribution in [0.5, 0.6) is 0 Å². The van der Waals surface area contributed by atoms with E-state index in [-0.39, 0.29) is 11.7 Å². The topological polar surface area (TPSA) is 63.5 Å². The second-order valence-corrected chi connectivity index (χ2v) is 4.66. The maximum atomic E-state index is 11.6. The fourth-order valence-corrected chi connectivity index (χ4v) is 2.30. The van der Waals surface area contributed by atoms with Gasteiger partial charge in [0.05, 0.1) is 5.52 Å². The number of hydrogen-bond acceptors (Lipinski definition) is 3. The zero-order valence-electron chi connectivity index (χ0n) is 11.2. The number of ketones is 1. The normalized spacial score (nSPS) is 10.9. The number of pyridine rings is 2. The highest BCUT2D eigenvalue weighted by Gasteiger charge is 2.10.